The number of ether oxygens (including phenoxy) is 1. The zero-order valence-electron chi connectivity index (χ0n) is 16.6. The van der Waals surface area contributed by atoms with Crippen molar-refractivity contribution in [3.8, 4) is 0 Å². The number of halogens is 2. The summed E-state index contributed by atoms with van der Waals surface area (Å²) in [7, 11) is -3.24. The Morgan fingerprint density at radius 3 is 2.43 bits per heavy atom. The molecule has 3 rings (SSSR count). The average Bonchev–Trinajstić information content (AvgIpc) is 2.72. The van der Waals surface area contributed by atoms with Gasteiger partial charge in [-0.05, 0) is 42.5 Å². The van der Waals surface area contributed by atoms with Gasteiger partial charge >= 0.3 is 0 Å². The van der Waals surface area contributed by atoms with Crippen molar-refractivity contribution in [1.29, 1.82) is 0 Å². The van der Waals surface area contributed by atoms with Crippen molar-refractivity contribution in [2.45, 2.75) is 30.4 Å². The van der Waals surface area contributed by atoms with Gasteiger partial charge < -0.3 is 10.1 Å². The lowest BCUT2D eigenvalue weighted by molar-refractivity contribution is -0.130. The van der Waals surface area contributed by atoms with E-state index in [1.165, 1.54) is 0 Å². The second-order valence-electron chi connectivity index (χ2n) is 7.51. The van der Waals surface area contributed by atoms with Crippen LogP contribution in [0, 0.1) is 0 Å². The molecule has 0 spiro atoms. The third-order valence-corrected chi connectivity index (χ3v) is 7.61. The van der Waals surface area contributed by atoms with Crippen LogP contribution in [0.25, 0.3) is 0 Å². The van der Waals surface area contributed by atoms with Crippen molar-refractivity contribution >= 4 is 38.9 Å². The molecule has 2 aromatic carbocycles. The molecule has 2 aromatic rings. The molecule has 5 nitrogen and oxygen atoms in total. The van der Waals surface area contributed by atoms with E-state index < -0.39 is 15.3 Å². The van der Waals surface area contributed by atoms with E-state index >= 15 is 0 Å². The zero-order valence-corrected chi connectivity index (χ0v) is 18.9. The lowest BCUT2D eigenvalue weighted by Crippen LogP contribution is -2.48. The van der Waals surface area contributed by atoms with E-state index in [0.29, 0.717) is 42.5 Å². The summed E-state index contributed by atoms with van der Waals surface area (Å²) < 4.78 is 30.2. The van der Waals surface area contributed by atoms with Gasteiger partial charge in [0.1, 0.15) is 0 Å². The van der Waals surface area contributed by atoms with Gasteiger partial charge in [0, 0.05) is 29.8 Å². The minimum absolute atomic E-state index is 0.00342. The molecule has 1 N–H and O–H groups in total. The largest absolute Gasteiger partial charge is 0.381 e. The second-order valence-corrected chi connectivity index (χ2v) is 10.5. The Labute approximate surface area is 187 Å². The van der Waals surface area contributed by atoms with Crippen molar-refractivity contribution in [3.05, 3.63) is 69.7 Å². The van der Waals surface area contributed by atoms with Crippen LogP contribution in [0.5, 0.6) is 0 Å². The van der Waals surface area contributed by atoms with E-state index in [1.54, 1.807) is 30.3 Å². The fraction of sp³-hybridized carbons (Fsp3) is 0.409. The number of nitrogens with one attached hydrogen (secondary N) is 1. The van der Waals surface area contributed by atoms with E-state index in [0.717, 1.165) is 11.1 Å². The van der Waals surface area contributed by atoms with Crippen molar-refractivity contribution < 1.29 is 17.9 Å². The molecule has 0 aromatic heterocycles. The molecule has 162 valence electrons. The molecule has 1 amide bonds. The van der Waals surface area contributed by atoms with Crippen LogP contribution in [0.15, 0.2) is 48.5 Å². The monoisotopic (exact) mass is 469 g/mol. The predicted molar refractivity (Wildman–Crippen MR) is 120 cm³/mol. The molecular weight excluding hydrogens is 445 g/mol. The van der Waals surface area contributed by atoms with Crippen LogP contribution >= 0.6 is 23.2 Å². The fourth-order valence-electron chi connectivity index (χ4n) is 3.78. The highest BCUT2D eigenvalue weighted by molar-refractivity contribution is 7.90. The van der Waals surface area contributed by atoms with Crippen molar-refractivity contribution in [3.63, 3.8) is 0 Å². The average molecular weight is 470 g/mol. The number of amides is 1. The van der Waals surface area contributed by atoms with Gasteiger partial charge in [-0.25, -0.2) is 8.42 Å². The van der Waals surface area contributed by atoms with Crippen LogP contribution in [0.1, 0.15) is 30.4 Å². The van der Waals surface area contributed by atoms with E-state index in [9.17, 15) is 13.2 Å². The van der Waals surface area contributed by atoms with Crippen LogP contribution in [-0.2, 0) is 30.5 Å². The van der Waals surface area contributed by atoms with Gasteiger partial charge in [0.2, 0.25) is 5.91 Å². The lowest BCUT2D eigenvalue weighted by Gasteiger charge is -2.36. The normalized spacial score (nSPS) is 16.2. The molecular formula is C22H25Cl2NO4S. The van der Waals surface area contributed by atoms with Crippen molar-refractivity contribution in [2.24, 2.45) is 0 Å². The van der Waals surface area contributed by atoms with Gasteiger partial charge in [0.25, 0.3) is 0 Å². The van der Waals surface area contributed by atoms with Gasteiger partial charge in [-0.15, -0.1) is 0 Å². The molecule has 8 heteroatoms. The Bertz CT molecular complexity index is 974. The first kappa shape index (κ1) is 23.1. The van der Waals surface area contributed by atoms with Gasteiger partial charge in [-0.2, -0.15) is 0 Å². The first-order chi connectivity index (χ1) is 14.3. The smallest absolute Gasteiger partial charge is 0.230 e. The maximum atomic E-state index is 13.2. The first-order valence-corrected chi connectivity index (χ1v) is 12.5. The van der Waals surface area contributed by atoms with Crippen molar-refractivity contribution in [2.75, 3.05) is 25.5 Å². The summed E-state index contributed by atoms with van der Waals surface area (Å²) in [5.74, 6) is -0.140. The van der Waals surface area contributed by atoms with Crippen LogP contribution in [0.4, 0.5) is 0 Å². The molecule has 1 aliphatic heterocycles. The zero-order chi connectivity index (χ0) is 21.6. The molecule has 1 saturated heterocycles. The summed E-state index contributed by atoms with van der Waals surface area (Å²) >= 11 is 12.4. The van der Waals surface area contributed by atoms with Gasteiger partial charge in [0.05, 0.1) is 16.9 Å². The second kappa shape index (κ2) is 10.1. The molecule has 0 atom stereocenters. The third kappa shape index (κ3) is 5.76. The van der Waals surface area contributed by atoms with Gasteiger partial charge in [0.15, 0.2) is 9.84 Å². The molecule has 0 aliphatic carbocycles. The lowest BCUT2D eigenvalue weighted by atomic mass is 9.73. The van der Waals surface area contributed by atoms with E-state index in [2.05, 4.69) is 5.32 Å². The maximum Gasteiger partial charge on any atom is 0.230 e. The fourth-order valence-corrected chi connectivity index (χ4v) is 5.80. The molecule has 1 aliphatic rings. The Morgan fingerprint density at radius 1 is 1.07 bits per heavy atom. The molecule has 0 bridgehead atoms. The Morgan fingerprint density at radius 2 is 1.77 bits per heavy atom. The summed E-state index contributed by atoms with van der Waals surface area (Å²) in [6.45, 7) is 1.19. The molecule has 0 unspecified atom stereocenters. The molecule has 0 saturated carbocycles. The predicted octanol–water partition coefficient (Wildman–Crippen LogP) is 4.16. The molecule has 30 heavy (non-hydrogen) atoms. The maximum absolute atomic E-state index is 13.2. The molecule has 1 heterocycles. The summed E-state index contributed by atoms with van der Waals surface area (Å²) in [6.07, 6.45) is 1.36. The highest BCUT2D eigenvalue weighted by Gasteiger charge is 2.42. The van der Waals surface area contributed by atoms with Crippen molar-refractivity contribution in [1.82, 2.24) is 5.32 Å². The van der Waals surface area contributed by atoms with E-state index in [4.69, 9.17) is 27.9 Å². The SMILES string of the molecule is O=C(NCCCS(=O)(=O)Cc1ccccc1)C1(c2ccc(Cl)cc2Cl)CCOCC1. The number of rotatable bonds is 8. The first-order valence-electron chi connectivity index (χ1n) is 9.88. The van der Waals surface area contributed by atoms with Crippen LogP contribution in [-0.4, -0.2) is 39.8 Å². The minimum Gasteiger partial charge on any atom is -0.381 e. The number of carbonyl (C=O) groups excluding carboxylic acids is 1. The highest BCUT2D eigenvalue weighted by Crippen LogP contribution is 2.39. The number of hydrogen-bond donors (Lipinski definition) is 1. The standard InChI is InChI=1S/C22H25Cl2NO4S/c23-18-7-8-19(20(24)15-18)22(9-12-29-13-10-22)21(26)25-11-4-14-30(27,28)16-17-5-2-1-3-6-17/h1-3,5-8,15H,4,9-14,16H2,(H,25,26). The summed E-state index contributed by atoms with van der Waals surface area (Å²) in [5.41, 5.74) is 0.689. The van der Waals surface area contributed by atoms with Crippen LogP contribution < -0.4 is 5.32 Å². The number of sulfone groups is 1. The minimum atomic E-state index is -3.24. The van der Waals surface area contributed by atoms with Gasteiger partial charge in [-0.3, -0.25) is 4.79 Å². The number of benzene rings is 2. The number of hydrogen-bond acceptors (Lipinski definition) is 4. The third-order valence-electron chi connectivity index (χ3n) is 5.37. The van der Waals surface area contributed by atoms with Gasteiger partial charge in [-0.1, -0.05) is 59.6 Å². The number of carbonyl (C=O) groups is 1. The summed E-state index contributed by atoms with van der Waals surface area (Å²) in [6, 6.07) is 14.2. The summed E-state index contributed by atoms with van der Waals surface area (Å²) in [5, 5.41) is 3.88. The van der Waals surface area contributed by atoms with E-state index in [1.807, 2.05) is 18.2 Å². The topological polar surface area (TPSA) is 72.5 Å². The van der Waals surface area contributed by atoms with Crippen LogP contribution in [0.3, 0.4) is 0 Å². The van der Waals surface area contributed by atoms with E-state index in [-0.39, 0.29) is 24.0 Å². The Hall–Kier alpha value is -1.60. The Balaban J connectivity index is 1.61. The molecule has 1 fully saturated rings. The quantitative estimate of drug-likeness (QED) is 0.588. The summed E-state index contributed by atoms with van der Waals surface area (Å²) in [4.78, 5) is 13.2. The molecule has 0 radical (unpaired) electrons. The highest BCUT2D eigenvalue weighted by atomic mass is 35.5. The van der Waals surface area contributed by atoms with Crippen LogP contribution in [0.2, 0.25) is 10.0 Å². The Kier molecular flexibility index (Phi) is 7.80.